The number of rotatable bonds is 5. The molecule has 98 valence electrons. The number of thiophene rings is 1. The summed E-state index contributed by atoms with van der Waals surface area (Å²) in [6.45, 7) is 0.352. The molecule has 0 bridgehead atoms. The number of carbonyl (C=O) groups is 2. The van der Waals surface area contributed by atoms with Crippen LogP contribution in [0.3, 0.4) is 0 Å². The van der Waals surface area contributed by atoms with Crippen LogP contribution in [-0.2, 0) is 11.3 Å². The van der Waals surface area contributed by atoms with Crippen molar-refractivity contribution in [3.8, 4) is 0 Å². The third-order valence-corrected chi connectivity index (χ3v) is 3.13. The van der Waals surface area contributed by atoms with Gasteiger partial charge in [0.05, 0.1) is 12.7 Å². The summed E-state index contributed by atoms with van der Waals surface area (Å²) in [5.41, 5.74) is 0.788. The Morgan fingerprint density at radius 1 is 1.53 bits per heavy atom. The summed E-state index contributed by atoms with van der Waals surface area (Å²) >= 11 is 1.44. The van der Waals surface area contributed by atoms with E-state index in [9.17, 15) is 9.59 Å². The lowest BCUT2D eigenvalue weighted by Gasteiger charge is -1.99. The molecule has 19 heavy (non-hydrogen) atoms. The molecule has 2 rings (SSSR count). The largest absolute Gasteiger partial charge is 0.478 e. The SMILES string of the molecule is O=C(O)C=Cc1csc(CNC(=O)c2ccno2)c1. The summed E-state index contributed by atoms with van der Waals surface area (Å²) in [7, 11) is 0. The van der Waals surface area contributed by atoms with Crippen LogP contribution in [0.4, 0.5) is 0 Å². The van der Waals surface area contributed by atoms with Gasteiger partial charge in [0, 0.05) is 17.0 Å². The number of carboxylic acid groups (broad SMARTS) is 1. The predicted molar refractivity (Wildman–Crippen MR) is 68.7 cm³/mol. The Morgan fingerprint density at radius 2 is 2.37 bits per heavy atom. The minimum absolute atomic E-state index is 0.155. The summed E-state index contributed by atoms with van der Waals surface area (Å²) in [5, 5.41) is 16.4. The van der Waals surface area contributed by atoms with E-state index < -0.39 is 5.97 Å². The van der Waals surface area contributed by atoms with Crippen molar-refractivity contribution in [2.75, 3.05) is 0 Å². The van der Waals surface area contributed by atoms with Crippen LogP contribution in [0.1, 0.15) is 21.0 Å². The van der Waals surface area contributed by atoms with E-state index in [2.05, 4.69) is 10.5 Å². The Balaban J connectivity index is 1.90. The van der Waals surface area contributed by atoms with Crippen LogP contribution in [0, 0.1) is 0 Å². The first-order valence-corrected chi connectivity index (χ1v) is 6.20. The fourth-order valence-corrected chi connectivity index (χ4v) is 2.13. The molecular formula is C12H10N2O4S. The average molecular weight is 278 g/mol. The number of aliphatic carboxylic acids is 1. The number of carboxylic acids is 1. The Hall–Kier alpha value is -2.41. The molecule has 0 aliphatic heterocycles. The average Bonchev–Trinajstić information content (AvgIpc) is 3.04. The van der Waals surface area contributed by atoms with Gasteiger partial charge in [-0.1, -0.05) is 5.16 Å². The van der Waals surface area contributed by atoms with Crippen LogP contribution < -0.4 is 5.32 Å². The molecular weight excluding hydrogens is 268 g/mol. The van der Waals surface area contributed by atoms with Gasteiger partial charge in [0.2, 0.25) is 5.76 Å². The number of aromatic nitrogens is 1. The van der Waals surface area contributed by atoms with Gasteiger partial charge in [0.25, 0.3) is 5.91 Å². The molecule has 0 aliphatic carbocycles. The maximum atomic E-state index is 11.6. The standard InChI is InChI=1S/C12H10N2O4S/c15-11(16)2-1-8-5-9(19-7-8)6-13-12(17)10-3-4-14-18-10/h1-5,7H,6H2,(H,13,17)(H,15,16). The van der Waals surface area contributed by atoms with Gasteiger partial charge in [-0.25, -0.2) is 4.79 Å². The second kappa shape index (κ2) is 5.96. The summed E-state index contributed by atoms with van der Waals surface area (Å²) in [6.07, 6.45) is 3.97. The third-order valence-electron chi connectivity index (χ3n) is 2.18. The fraction of sp³-hybridized carbons (Fsp3) is 0.0833. The van der Waals surface area contributed by atoms with Crippen LogP contribution >= 0.6 is 11.3 Å². The minimum Gasteiger partial charge on any atom is -0.478 e. The van der Waals surface area contributed by atoms with E-state index in [1.165, 1.54) is 29.7 Å². The highest BCUT2D eigenvalue weighted by atomic mass is 32.1. The van der Waals surface area contributed by atoms with Crippen molar-refractivity contribution < 1.29 is 19.2 Å². The minimum atomic E-state index is -0.994. The molecule has 0 spiro atoms. The normalized spacial score (nSPS) is 10.7. The molecule has 2 aromatic rings. The van der Waals surface area contributed by atoms with Crippen LogP contribution in [0.15, 0.2) is 34.3 Å². The number of nitrogens with zero attached hydrogens (tertiary/aromatic N) is 1. The first-order valence-electron chi connectivity index (χ1n) is 5.32. The highest BCUT2D eigenvalue weighted by molar-refractivity contribution is 7.10. The van der Waals surface area contributed by atoms with Gasteiger partial charge >= 0.3 is 5.97 Å². The molecule has 1 amide bonds. The number of nitrogens with one attached hydrogen (secondary N) is 1. The van der Waals surface area contributed by atoms with Gasteiger partial charge in [-0.15, -0.1) is 11.3 Å². The second-order valence-electron chi connectivity index (χ2n) is 3.58. The van der Waals surface area contributed by atoms with Crippen molar-refractivity contribution in [1.29, 1.82) is 0 Å². The van der Waals surface area contributed by atoms with Gasteiger partial charge in [-0.2, -0.15) is 0 Å². The first kappa shape index (κ1) is 13.0. The summed E-state index contributed by atoms with van der Waals surface area (Å²) in [6, 6.07) is 3.29. The molecule has 0 unspecified atom stereocenters. The molecule has 6 nitrogen and oxygen atoms in total. The lowest BCUT2D eigenvalue weighted by molar-refractivity contribution is -0.131. The quantitative estimate of drug-likeness (QED) is 0.813. The Kier molecular flexibility index (Phi) is 4.09. The third kappa shape index (κ3) is 3.78. The molecule has 0 saturated heterocycles. The van der Waals surface area contributed by atoms with E-state index in [0.717, 1.165) is 16.5 Å². The van der Waals surface area contributed by atoms with Crippen molar-refractivity contribution in [2.24, 2.45) is 0 Å². The summed E-state index contributed by atoms with van der Waals surface area (Å²) in [5.74, 6) is -1.18. The van der Waals surface area contributed by atoms with Gasteiger partial charge < -0.3 is 14.9 Å². The van der Waals surface area contributed by atoms with Crippen LogP contribution in [0.5, 0.6) is 0 Å². The maximum Gasteiger partial charge on any atom is 0.328 e. The molecule has 7 heteroatoms. The Labute approximate surface area is 112 Å². The van der Waals surface area contributed by atoms with Crippen molar-refractivity contribution >= 4 is 29.3 Å². The molecule has 0 atom stereocenters. The van der Waals surface area contributed by atoms with E-state index >= 15 is 0 Å². The molecule has 0 aromatic carbocycles. The van der Waals surface area contributed by atoms with E-state index in [1.807, 2.05) is 11.4 Å². The highest BCUT2D eigenvalue weighted by Gasteiger charge is 2.09. The highest BCUT2D eigenvalue weighted by Crippen LogP contribution is 2.16. The molecule has 2 aromatic heterocycles. The van der Waals surface area contributed by atoms with Crippen LogP contribution in [-0.4, -0.2) is 22.1 Å². The van der Waals surface area contributed by atoms with Crippen LogP contribution in [0.25, 0.3) is 6.08 Å². The van der Waals surface area contributed by atoms with E-state index in [-0.39, 0.29) is 11.7 Å². The number of hydrogen-bond acceptors (Lipinski definition) is 5. The molecule has 0 radical (unpaired) electrons. The van der Waals surface area contributed by atoms with Crippen molar-refractivity contribution in [2.45, 2.75) is 6.54 Å². The van der Waals surface area contributed by atoms with Crippen molar-refractivity contribution in [3.63, 3.8) is 0 Å². The number of carbonyl (C=O) groups excluding carboxylic acids is 1. The van der Waals surface area contributed by atoms with Gasteiger partial charge in [0.1, 0.15) is 0 Å². The zero-order chi connectivity index (χ0) is 13.7. The maximum absolute atomic E-state index is 11.6. The van der Waals surface area contributed by atoms with Crippen molar-refractivity contribution in [1.82, 2.24) is 10.5 Å². The Bertz CT molecular complexity index is 601. The van der Waals surface area contributed by atoms with E-state index in [0.29, 0.717) is 6.54 Å². The lowest BCUT2D eigenvalue weighted by Crippen LogP contribution is -2.21. The van der Waals surface area contributed by atoms with Gasteiger partial charge in [-0.05, 0) is 23.1 Å². The second-order valence-corrected chi connectivity index (χ2v) is 4.57. The monoisotopic (exact) mass is 278 g/mol. The van der Waals surface area contributed by atoms with Gasteiger partial charge in [-0.3, -0.25) is 4.79 Å². The van der Waals surface area contributed by atoms with Crippen LogP contribution in [0.2, 0.25) is 0 Å². The fourth-order valence-electron chi connectivity index (χ4n) is 1.33. The van der Waals surface area contributed by atoms with Crippen molar-refractivity contribution in [3.05, 3.63) is 46.0 Å². The topological polar surface area (TPSA) is 92.4 Å². The molecule has 2 heterocycles. The molecule has 0 aliphatic rings. The molecule has 2 N–H and O–H groups in total. The lowest BCUT2D eigenvalue weighted by atomic mass is 10.3. The molecule has 0 saturated carbocycles. The number of hydrogen-bond donors (Lipinski definition) is 2. The zero-order valence-electron chi connectivity index (χ0n) is 9.70. The van der Waals surface area contributed by atoms with E-state index in [4.69, 9.17) is 9.63 Å². The summed E-state index contributed by atoms with van der Waals surface area (Å²) in [4.78, 5) is 22.9. The summed E-state index contributed by atoms with van der Waals surface area (Å²) < 4.78 is 4.72. The predicted octanol–water partition coefficient (Wildman–Crippen LogP) is 1.76. The Morgan fingerprint density at radius 3 is 3.05 bits per heavy atom. The molecule has 0 fully saturated rings. The smallest absolute Gasteiger partial charge is 0.328 e. The first-order chi connectivity index (χ1) is 9.15. The number of amides is 1. The van der Waals surface area contributed by atoms with Gasteiger partial charge in [0.15, 0.2) is 0 Å². The zero-order valence-corrected chi connectivity index (χ0v) is 10.5. The van der Waals surface area contributed by atoms with E-state index in [1.54, 1.807) is 0 Å².